The SMILES string of the molecule is Cc1ccc(N)cc1-c1cc(Cl)c(=O)n(C)c1. The first-order chi connectivity index (χ1) is 7.99. The van der Waals surface area contributed by atoms with Crippen LogP contribution >= 0.6 is 11.6 Å². The third-order valence-corrected chi connectivity index (χ3v) is 2.98. The van der Waals surface area contributed by atoms with Crippen molar-refractivity contribution in [1.29, 1.82) is 0 Å². The van der Waals surface area contributed by atoms with E-state index in [9.17, 15) is 4.79 Å². The zero-order valence-electron chi connectivity index (χ0n) is 9.70. The number of aromatic nitrogens is 1. The molecule has 1 aromatic heterocycles. The van der Waals surface area contributed by atoms with Crippen LogP contribution in [0.5, 0.6) is 0 Å². The van der Waals surface area contributed by atoms with Crippen molar-refractivity contribution < 1.29 is 0 Å². The summed E-state index contributed by atoms with van der Waals surface area (Å²) in [6.07, 6.45) is 1.76. The first-order valence-corrected chi connectivity index (χ1v) is 5.59. The molecule has 17 heavy (non-hydrogen) atoms. The first kappa shape index (κ1) is 11.7. The highest BCUT2D eigenvalue weighted by Crippen LogP contribution is 2.26. The van der Waals surface area contributed by atoms with Crippen molar-refractivity contribution in [2.24, 2.45) is 7.05 Å². The van der Waals surface area contributed by atoms with E-state index in [2.05, 4.69) is 0 Å². The molecular formula is C13H13ClN2O. The first-order valence-electron chi connectivity index (χ1n) is 5.21. The van der Waals surface area contributed by atoms with E-state index in [4.69, 9.17) is 17.3 Å². The predicted octanol–water partition coefficient (Wildman–Crippen LogP) is 2.60. The molecule has 3 nitrogen and oxygen atoms in total. The van der Waals surface area contributed by atoms with E-state index < -0.39 is 0 Å². The molecule has 0 aliphatic carbocycles. The second-order valence-corrected chi connectivity index (χ2v) is 4.47. The summed E-state index contributed by atoms with van der Waals surface area (Å²) >= 11 is 5.90. The molecule has 0 amide bonds. The second-order valence-electron chi connectivity index (χ2n) is 4.07. The fourth-order valence-electron chi connectivity index (χ4n) is 1.77. The number of pyridine rings is 1. The Balaban J connectivity index is 2.69. The lowest BCUT2D eigenvalue weighted by Crippen LogP contribution is -2.16. The molecule has 88 valence electrons. The highest BCUT2D eigenvalue weighted by molar-refractivity contribution is 6.30. The molecule has 0 fully saturated rings. The van der Waals surface area contributed by atoms with Crippen LogP contribution in [0.25, 0.3) is 11.1 Å². The van der Waals surface area contributed by atoms with Gasteiger partial charge in [-0.05, 0) is 36.2 Å². The highest BCUT2D eigenvalue weighted by Gasteiger charge is 2.07. The van der Waals surface area contributed by atoms with Crippen LogP contribution < -0.4 is 11.3 Å². The van der Waals surface area contributed by atoms with Crippen molar-refractivity contribution in [1.82, 2.24) is 4.57 Å². The number of aryl methyl sites for hydroxylation is 2. The molecule has 0 bridgehead atoms. The molecule has 0 unspecified atom stereocenters. The Kier molecular flexibility index (Phi) is 2.94. The predicted molar refractivity (Wildman–Crippen MR) is 71.3 cm³/mol. The van der Waals surface area contributed by atoms with Crippen LogP contribution in [0.4, 0.5) is 5.69 Å². The molecule has 0 spiro atoms. The van der Waals surface area contributed by atoms with Crippen LogP contribution in [0.2, 0.25) is 5.02 Å². The molecule has 4 heteroatoms. The number of benzene rings is 1. The van der Waals surface area contributed by atoms with Gasteiger partial charge >= 0.3 is 0 Å². The van der Waals surface area contributed by atoms with Crippen molar-refractivity contribution in [2.75, 3.05) is 5.73 Å². The summed E-state index contributed by atoms with van der Waals surface area (Å²) in [5.41, 5.74) is 9.23. The Morgan fingerprint density at radius 3 is 2.65 bits per heavy atom. The Morgan fingerprint density at radius 2 is 2.00 bits per heavy atom. The van der Waals surface area contributed by atoms with Gasteiger partial charge in [-0.25, -0.2) is 0 Å². The highest BCUT2D eigenvalue weighted by atomic mass is 35.5. The Labute approximate surface area is 104 Å². The molecular weight excluding hydrogens is 236 g/mol. The van der Waals surface area contributed by atoms with Crippen LogP contribution in [-0.4, -0.2) is 4.57 Å². The number of nitrogens with two attached hydrogens (primary N) is 1. The maximum atomic E-state index is 11.5. The van der Waals surface area contributed by atoms with Gasteiger partial charge in [-0.3, -0.25) is 4.79 Å². The molecule has 2 rings (SSSR count). The summed E-state index contributed by atoms with van der Waals surface area (Å²) < 4.78 is 1.47. The van der Waals surface area contributed by atoms with Crippen LogP contribution in [0.3, 0.4) is 0 Å². The Morgan fingerprint density at radius 1 is 1.29 bits per heavy atom. The van der Waals surface area contributed by atoms with Gasteiger partial charge in [0, 0.05) is 24.5 Å². The van der Waals surface area contributed by atoms with E-state index in [1.165, 1.54) is 4.57 Å². The maximum absolute atomic E-state index is 11.5. The van der Waals surface area contributed by atoms with Gasteiger partial charge < -0.3 is 10.3 Å². The lowest BCUT2D eigenvalue weighted by Gasteiger charge is -2.09. The van der Waals surface area contributed by atoms with Gasteiger partial charge in [0.2, 0.25) is 0 Å². The maximum Gasteiger partial charge on any atom is 0.269 e. The number of hydrogen-bond donors (Lipinski definition) is 1. The summed E-state index contributed by atoms with van der Waals surface area (Å²) in [6.45, 7) is 1.99. The molecule has 0 saturated carbocycles. The van der Waals surface area contributed by atoms with Crippen LogP contribution in [0, 0.1) is 6.92 Å². The molecule has 1 heterocycles. The van der Waals surface area contributed by atoms with Gasteiger partial charge in [0.25, 0.3) is 5.56 Å². The van der Waals surface area contributed by atoms with Gasteiger partial charge in [0.15, 0.2) is 0 Å². The molecule has 2 aromatic rings. The molecule has 2 N–H and O–H groups in total. The number of nitrogens with zero attached hydrogens (tertiary/aromatic N) is 1. The molecule has 1 aromatic carbocycles. The Hall–Kier alpha value is -1.74. The molecule has 0 saturated heterocycles. The summed E-state index contributed by atoms with van der Waals surface area (Å²) in [5.74, 6) is 0. The minimum absolute atomic E-state index is 0.197. The quantitative estimate of drug-likeness (QED) is 0.789. The number of nitrogen functional groups attached to an aromatic ring is 1. The summed E-state index contributed by atoms with van der Waals surface area (Å²) in [4.78, 5) is 11.5. The number of anilines is 1. The van der Waals surface area contributed by atoms with Crippen molar-refractivity contribution in [3.05, 3.63) is 51.4 Å². The van der Waals surface area contributed by atoms with Crippen molar-refractivity contribution >= 4 is 17.3 Å². The minimum atomic E-state index is -0.197. The zero-order chi connectivity index (χ0) is 12.6. The van der Waals surface area contributed by atoms with E-state index in [-0.39, 0.29) is 10.6 Å². The molecule has 0 radical (unpaired) electrons. The largest absolute Gasteiger partial charge is 0.399 e. The molecule has 0 atom stereocenters. The van der Waals surface area contributed by atoms with Gasteiger partial charge in [-0.2, -0.15) is 0 Å². The van der Waals surface area contributed by atoms with E-state index in [1.54, 1.807) is 19.3 Å². The summed E-state index contributed by atoms with van der Waals surface area (Å²) in [7, 11) is 1.68. The van der Waals surface area contributed by atoms with Crippen LogP contribution in [0.1, 0.15) is 5.56 Å². The van der Waals surface area contributed by atoms with E-state index in [1.807, 2.05) is 25.1 Å². The topological polar surface area (TPSA) is 48.0 Å². The third-order valence-electron chi connectivity index (χ3n) is 2.71. The van der Waals surface area contributed by atoms with Crippen molar-refractivity contribution in [3.8, 4) is 11.1 Å². The fourth-order valence-corrected chi connectivity index (χ4v) is 2.02. The third kappa shape index (κ3) is 2.19. The number of halogens is 1. The average Bonchev–Trinajstić information content (AvgIpc) is 2.28. The lowest BCUT2D eigenvalue weighted by molar-refractivity contribution is 0.862. The summed E-state index contributed by atoms with van der Waals surface area (Å²) in [5, 5.41) is 0.215. The number of rotatable bonds is 1. The normalized spacial score (nSPS) is 10.5. The van der Waals surface area contributed by atoms with E-state index in [0.29, 0.717) is 5.69 Å². The monoisotopic (exact) mass is 248 g/mol. The standard InChI is InChI=1S/C13H13ClN2O/c1-8-3-4-10(15)6-11(8)9-5-12(14)13(17)16(2)7-9/h3-7H,15H2,1-2H3. The Bertz CT molecular complexity index is 606. The van der Waals surface area contributed by atoms with Gasteiger partial charge in [-0.1, -0.05) is 17.7 Å². The van der Waals surface area contributed by atoms with Gasteiger partial charge in [0.05, 0.1) is 0 Å². The van der Waals surface area contributed by atoms with Crippen molar-refractivity contribution in [3.63, 3.8) is 0 Å². The molecule has 0 aliphatic rings. The minimum Gasteiger partial charge on any atom is -0.399 e. The number of hydrogen-bond acceptors (Lipinski definition) is 2. The molecule has 0 aliphatic heterocycles. The smallest absolute Gasteiger partial charge is 0.269 e. The second kappa shape index (κ2) is 4.26. The average molecular weight is 249 g/mol. The van der Waals surface area contributed by atoms with E-state index in [0.717, 1.165) is 16.7 Å². The summed E-state index contributed by atoms with van der Waals surface area (Å²) in [6, 6.07) is 7.35. The zero-order valence-corrected chi connectivity index (χ0v) is 10.5. The van der Waals surface area contributed by atoms with Crippen LogP contribution in [-0.2, 0) is 7.05 Å². The van der Waals surface area contributed by atoms with Gasteiger partial charge in [0.1, 0.15) is 5.02 Å². The van der Waals surface area contributed by atoms with Gasteiger partial charge in [-0.15, -0.1) is 0 Å². The van der Waals surface area contributed by atoms with E-state index >= 15 is 0 Å². The van der Waals surface area contributed by atoms with Crippen molar-refractivity contribution in [2.45, 2.75) is 6.92 Å². The van der Waals surface area contributed by atoms with Crippen LogP contribution in [0.15, 0.2) is 35.3 Å². The fraction of sp³-hybridized carbons (Fsp3) is 0.154. The lowest BCUT2D eigenvalue weighted by atomic mass is 10.0.